The number of aromatic nitrogens is 1. The highest BCUT2D eigenvalue weighted by Crippen LogP contribution is 2.52. The molecule has 1 heterocycles. The van der Waals surface area contributed by atoms with Crippen LogP contribution < -0.4 is 0 Å². The van der Waals surface area contributed by atoms with Gasteiger partial charge in [0.15, 0.2) is 30.3 Å². The molecule has 2 aliphatic carbocycles. The van der Waals surface area contributed by atoms with E-state index < -0.39 is 64.8 Å². The predicted octanol–water partition coefficient (Wildman–Crippen LogP) is 1.20. The number of rotatable bonds is 3. The maximum absolute atomic E-state index is 13.7. The number of aromatic hydroxyl groups is 1. The van der Waals surface area contributed by atoms with Crippen LogP contribution in [0.2, 0.25) is 0 Å². The number of ether oxygens (including phenoxy) is 3. The number of hydrogen-bond donors (Lipinski definition) is 2. The van der Waals surface area contributed by atoms with Gasteiger partial charge in [-0.2, -0.15) is 5.26 Å². The summed E-state index contributed by atoms with van der Waals surface area (Å²) in [7, 11) is 0. The van der Waals surface area contributed by atoms with Crippen molar-refractivity contribution in [3.05, 3.63) is 51.8 Å². The minimum absolute atomic E-state index is 0.183. The lowest BCUT2D eigenvalue weighted by atomic mass is 9.75. The second-order valence-corrected chi connectivity index (χ2v) is 8.59. The molecule has 0 saturated carbocycles. The van der Waals surface area contributed by atoms with Crippen molar-refractivity contribution in [3.8, 4) is 11.9 Å². The largest absolute Gasteiger partial charge is 0.507 e. The third-order valence-corrected chi connectivity index (χ3v) is 6.09. The van der Waals surface area contributed by atoms with Crippen molar-refractivity contribution < 1.29 is 48.4 Å². The lowest BCUT2D eigenvalue weighted by Gasteiger charge is -2.45. The first-order chi connectivity index (χ1) is 16.8. The Morgan fingerprint density at radius 2 is 1.61 bits per heavy atom. The molecular weight excluding hydrogens is 476 g/mol. The van der Waals surface area contributed by atoms with Gasteiger partial charge in [0.2, 0.25) is 5.78 Å². The Labute approximate surface area is 203 Å². The Kier molecular flexibility index (Phi) is 5.69. The van der Waals surface area contributed by atoms with Crippen LogP contribution in [0, 0.1) is 11.5 Å². The molecule has 0 amide bonds. The minimum Gasteiger partial charge on any atom is -0.507 e. The Bertz CT molecular complexity index is 1410. The molecule has 2 N–H and O–H groups in total. The first kappa shape index (κ1) is 24.6. The number of benzene rings is 1. The summed E-state index contributed by atoms with van der Waals surface area (Å²) in [5.41, 5.74) is -4.23. The topological polar surface area (TPSA) is 182 Å². The fourth-order valence-electron chi connectivity index (χ4n) is 4.81. The summed E-state index contributed by atoms with van der Waals surface area (Å²) in [6, 6.07) is 3.83. The molecule has 36 heavy (non-hydrogen) atoms. The summed E-state index contributed by atoms with van der Waals surface area (Å²) in [6.07, 6.45) is -3.36. The number of esters is 3. The van der Waals surface area contributed by atoms with Crippen LogP contribution in [0.25, 0.3) is 0 Å². The lowest BCUT2D eigenvalue weighted by molar-refractivity contribution is -0.221. The standard InChI is InChI=1S/C24H20N2O10/c1-9(27)34-21-16-15-17(20(32)14-12(19(15)31)6-5-7-13(14)30)26(8-25)18(16)22(35-10(2)28)24(4,33)23(21)36-11(3)29/h5-7,21-23,30,33H,1-4H3/t21-,22+,23-,24-/m1/s1. The first-order valence-electron chi connectivity index (χ1n) is 10.7. The van der Waals surface area contributed by atoms with Gasteiger partial charge in [-0.05, 0) is 13.0 Å². The summed E-state index contributed by atoms with van der Waals surface area (Å²) in [5, 5.41) is 31.8. The van der Waals surface area contributed by atoms with Gasteiger partial charge in [0.05, 0.1) is 16.8 Å². The van der Waals surface area contributed by atoms with Crippen LogP contribution in [0.1, 0.15) is 83.1 Å². The van der Waals surface area contributed by atoms with Crippen LogP contribution >= 0.6 is 0 Å². The highest BCUT2D eigenvalue weighted by molar-refractivity contribution is 6.29. The van der Waals surface area contributed by atoms with Gasteiger partial charge in [-0.25, -0.2) is 4.57 Å². The average Bonchev–Trinajstić information content (AvgIpc) is 3.12. The van der Waals surface area contributed by atoms with E-state index in [0.717, 1.165) is 27.7 Å². The number of aliphatic hydroxyl groups is 1. The van der Waals surface area contributed by atoms with Gasteiger partial charge in [-0.1, -0.05) is 12.1 Å². The summed E-state index contributed by atoms with van der Waals surface area (Å²) < 4.78 is 16.7. The molecule has 0 aliphatic heterocycles. The fourth-order valence-corrected chi connectivity index (χ4v) is 4.81. The van der Waals surface area contributed by atoms with Gasteiger partial charge in [0.25, 0.3) is 0 Å². The average molecular weight is 496 g/mol. The normalized spacial score (nSPS) is 24.1. The number of ketones is 2. The summed E-state index contributed by atoms with van der Waals surface area (Å²) in [4.78, 5) is 63.2. The zero-order valence-corrected chi connectivity index (χ0v) is 19.5. The van der Waals surface area contributed by atoms with Crippen LogP contribution in [-0.4, -0.2) is 56.0 Å². The van der Waals surface area contributed by atoms with Crippen molar-refractivity contribution in [2.45, 2.75) is 51.6 Å². The zero-order valence-electron chi connectivity index (χ0n) is 19.5. The molecule has 1 aromatic carbocycles. The number of fused-ring (bicyclic) bond motifs is 4. The van der Waals surface area contributed by atoms with E-state index >= 15 is 0 Å². The van der Waals surface area contributed by atoms with E-state index in [1.165, 1.54) is 18.2 Å². The van der Waals surface area contributed by atoms with Crippen LogP contribution in [0.4, 0.5) is 0 Å². The SMILES string of the molecule is CC(=O)O[C@@H]1c2c3c(n(C#N)c2[C@H](OC(C)=O)[C@@](C)(O)[C@@H]1OC(C)=O)C(=O)c1c(O)cccc1C3=O. The van der Waals surface area contributed by atoms with Crippen LogP contribution in [0.5, 0.6) is 5.75 Å². The van der Waals surface area contributed by atoms with Crippen molar-refractivity contribution in [1.29, 1.82) is 5.26 Å². The molecule has 4 atom stereocenters. The van der Waals surface area contributed by atoms with E-state index in [4.69, 9.17) is 14.2 Å². The third-order valence-electron chi connectivity index (χ3n) is 6.09. The van der Waals surface area contributed by atoms with E-state index in [9.17, 15) is 39.4 Å². The highest BCUT2D eigenvalue weighted by atomic mass is 16.6. The molecular formula is C24H20N2O10. The number of phenols is 1. The number of nitriles is 1. The van der Waals surface area contributed by atoms with E-state index in [1.54, 1.807) is 6.19 Å². The molecule has 0 bridgehead atoms. The van der Waals surface area contributed by atoms with E-state index in [1.807, 2.05) is 0 Å². The molecule has 12 heteroatoms. The van der Waals surface area contributed by atoms with E-state index in [0.29, 0.717) is 4.57 Å². The molecule has 2 aromatic rings. The quantitative estimate of drug-likeness (QED) is 0.392. The molecule has 0 spiro atoms. The van der Waals surface area contributed by atoms with Gasteiger partial charge >= 0.3 is 17.9 Å². The summed E-state index contributed by atoms with van der Waals surface area (Å²) in [5.74, 6) is -4.90. The van der Waals surface area contributed by atoms with Gasteiger partial charge in [0.1, 0.15) is 17.0 Å². The molecule has 0 fully saturated rings. The van der Waals surface area contributed by atoms with Gasteiger partial charge in [-0.3, -0.25) is 24.0 Å². The van der Waals surface area contributed by atoms with Gasteiger partial charge in [0, 0.05) is 31.9 Å². The Morgan fingerprint density at radius 3 is 2.17 bits per heavy atom. The van der Waals surface area contributed by atoms with Crippen molar-refractivity contribution in [3.63, 3.8) is 0 Å². The van der Waals surface area contributed by atoms with Crippen LogP contribution in [0.15, 0.2) is 18.2 Å². The Balaban J connectivity index is 2.15. The monoisotopic (exact) mass is 496 g/mol. The Morgan fingerprint density at radius 1 is 1.00 bits per heavy atom. The molecule has 186 valence electrons. The number of nitrogens with zero attached hydrogens (tertiary/aromatic N) is 2. The summed E-state index contributed by atoms with van der Waals surface area (Å²) in [6.45, 7) is 4.22. The fraction of sp³-hybridized carbons (Fsp3) is 0.333. The molecule has 0 saturated heterocycles. The van der Waals surface area contributed by atoms with E-state index in [2.05, 4.69) is 0 Å². The second-order valence-electron chi connectivity index (χ2n) is 8.59. The Hall–Kier alpha value is -4.50. The minimum atomic E-state index is -2.29. The molecule has 0 unspecified atom stereocenters. The maximum Gasteiger partial charge on any atom is 0.303 e. The number of carbonyl (C=O) groups excluding carboxylic acids is 5. The number of phenolic OH excluding ortho intramolecular Hbond substituents is 1. The predicted molar refractivity (Wildman–Crippen MR) is 116 cm³/mol. The van der Waals surface area contributed by atoms with Gasteiger partial charge in [-0.15, -0.1) is 0 Å². The van der Waals surface area contributed by atoms with Crippen molar-refractivity contribution in [2.75, 3.05) is 0 Å². The molecule has 12 nitrogen and oxygen atoms in total. The van der Waals surface area contributed by atoms with E-state index in [-0.39, 0.29) is 27.9 Å². The van der Waals surface area contributed by atoms with Gasteiger partial charge < -0.3 is 24.4 Å². The maximum atomic E-state index is 13.7. The highest BCUT2D eigenvalue weighted by Gasteiger charge is 2.60. The number of hydrogen-bond acceptors (Lipinski definition) is 11. The van der Waals surface area contributed by atoms with Crippen LogP contribution in [0.3, 0.4) is 0 Å². The first-order valence-corrected chi connectivity index (χ1v) is 10.7. The third kappa shape index (κ3) is 3.44. The lowest BCUT2D eigenvalue weighted by Crippen LogP contribution is -2.55. The molecule has 2 aliphatic rings. The molecule has 0 radical (unpaired) electrons. The van der Waals surface area contributed by atoms with Crippen LogP contribution in [-0.2, 0) is 28.6 Å². The number of carbonyl (C=O) groups is 5. The molecule has 4 rings (SSSR count). The smallest absolute Gasteiger partial charge is 0.303 e. The zero-order chi connectivity index (χ0) is 26.7. The summed E-state index contributed by atoms with van der Waals surface area (Å²) >= 11 is 0. The van der Waals surface area contributed by atoms with Crippen molar-refractivity contribution in [2.24, 2.45) is 0 Å². The van der Waals surface area contributed by atoms with Crippen molar-refractivity contribution >= 4 is 29.5 Å². The van der Waals surface area contributed by atoms with Crippen molar-refractivity contribution in [1.82, 2.24) is 4.57 Å². The molecule has 1 aromatic heterocycles. The second kappa shape index (κ2) is 8.31.